The zero-order chi connectivity index (χ0) is 11.3. The Balaban J connectivity index is 2.94. The predicted molar refractivity (Wildman–Crippen MR) is 54.6 cm³/mol. The summed E-state index contributed by atoms with van der Waals surface area (Å²) in [6, 6.07) is 0. The molecule has 0 heterocycles. The summed E-state index contributed by atoms with van der Waals surface area (Å²) in [7, 11) is 0. The molecule has 4 nitrogen and oxygen atoms in total. The van der Waals surface area contributed by atoms with Crippen molar-refractivity contribution in [2.24, 2.45) is 0 Å². The second-order valence-electron chi connectivity index (χ2n) is 3.84. The molecule has 0 aromatic carbocycles. The summed E-state index contributed by atoms with van der Waals surface area (Å²) in [4.78, 5) is 21.9. The number of hydrogen-bond acceptors (Lipinski definition) is 2. The molecule has 84 valence electrons. The highest BCUT2D eigenvalue weighted by molar-refractivity contribution is 5.98. The molecule has 0 bridgehead atoms. The number of aliphatic carboxylic acids is 2. The van der Waals surface area contributed by atoms with Crippen molar-refractivity contribution in [3.8, 4) is 0 Å². The first-order valence-corrected chi connectivity index (χ1v) is 5.31. The lowest BCUT2D eigenvalue weighted by Gasteiger charge is -2.06. The molecule has 15 heavy (non-hydrogen) atoms. The van der Waals surface area contributed by atoms with Gasteiger partial charge in [-0.3, -0.25) is 0 Å². The van der Waals surface area contributed by atoms with Gasteiger partial charge in [0.2, 0.25) is 0 Å². The van der Waals surface area contributed by atoms with Crippen LogP contribution in [0.1, 0.15) is 44.9 Å². The van der Waals surface area contributed by atoms with Crippen LogP contribution in [-0.2, 0) is 9.59 Å². The fraction of sp³-hybridized carbons (Fsp3) is 0.636. The Bertz CT molecular complexity index is 263. The maximum absolute atomic E-state index is 10.9. The Morgan fingerprint density at radius 3 is 1.40 bits per heavy atom. The summed E-state index contributed by atoms with van der Waals surface area (Å²) >= 11 is 0. The van der Waals surface area contributed by atoms with Crippen molar-refractivity contribution < 1.29 is 19.8 Å². The van der Waals surface area contributed by atoms with E-state index in [-0.39, 0.29) is 11.1 Å². The average Bonchev–Trinajstić information content (AvgIpc) is 2.27. The van der Waals surface area contributed by atoms with Crippen LogP contribution in [-0.4, -0.2) is 22.2 Å². The van der Waals surface area contributed by atoms with Crippen molar-refractivity contribution >= 4 is 11.9 Å². The third-order valence-electron chi connectivity index (χ3n) is 2.73. The van der Waals surface area contributed by atoms with Crippen LogP contribution in [0.15, 0.2) is 11.1 Å². The van der Waals surface area contributed by atoms with E-state index in [1.165, 1.54) is 0 Å². The van der Waals surface area contributed by atoms with Crippen molar-refractivity contribution in [3.63, 3.8) is 0 Å². The molecule has 0 spiro atoms. The summed E-state index contributed by atoms with van der Waals surface area (Å²) in [6.07, 6.45) is 5.37. The fourth-order valence-electron chi connectivity index (χ4n) is 1.91. The van der Waals surface area contributed by atoms with E-state index in [0.717, 1.165) is 32.1 Å². The maximum atomic E-state index is 10.9. The van der Waals surface area contributed by atoms with Gasteiger partial charge in [0.1, 0.15) is 0 Å². The molecule has 0 atom stereocenters. The van der Waals surface area contributed by atoms with Gasteiger partial charge in [-0.2, -0.15) is 0 Å². The molecule has 0 amide bonds. The summed E-state index contributed by atoms with van der Waals surface area (Å²) in [5.41, 5.74) is 0.203. The number of carboxylic acid groups (broad SMARTS) is 2. The van der Waals surface area contributed by atoms with Crippen LogP contribution >= 0.6 is 0 Å². The lowest BCUT2D eigenvalue weighted by molar-refractivity contribution is -0.136. The lowest BCUT2D eigenvalue weighted by Crippen LogP contribution is -2.11. The first kappa shape index (κ1) is 11.8. The molecule has 4 heteroatoms. The van der Waals surface area contributed by atoms with Gasteiger partial charge >= 0.3 is 11.9 Å². The van der Waals surface area contributed by atoms with Crippen LogP contribution in [0, 0.1) is 0 Å². The Kier molecular flexibility index (Phi) is 4.34. The van der Waals surface area contributed by atoms with Crippen LogP contribution in [0.25, 0.3) is 0 Å². The van der Waals surface area contributed by atoms with E-state index in [1.54, 1.807) is 0 Å². The standard InChI is InChI=1S/C11H16O4/c12-10(13)8-6-4-2-1-3-5-7-9(8)11(14)15/h1-7H2,(H,12,13)(H,14,15)/b9-8-. The van der Waals surface area contributed by atoms with Crippen molar-refractivity contribution in [1.82, 2.24) is 0 Å². The lowest BCUT2D eigenvalue weighted by atomic mass is 10.00. The van der Waals surface area contributed by atoms with Gasteiger partial charge in [0.25, 0.3) is 0 Å². The molecule has 0 saturated carbocycles. The summed E-state index contributed by atoms with van der Waals surface area (Å²) in [5, 5.41) is 17.9. The van der Waals surface area contributed by atoms with Gasteiger partial charge in [0.05, 0.1) is 0 Å². The van der Waals surface area contributed by atoms with Gasteiger partial charge in [-0.1, -0.05) is 19.3 Å². The summed E-state index contributed by atoms with van der Waals surface area (Å²) in [5.74, 6) is -2.15. The highest BCUT2D eigenvalue weighted by atomic mass is 16.4. The van der Waals surface area contributed by atoms with Gasteiger partial charge in [-0.25, -0.2) is 9.59 Å². The van der Waals surface area contributed by atoms with Crippen LogP contribution < -0.4 is 0 Å². The van der Waals surface area contributed by atoms with Gasteiger partial charge < -0.3 is 10.2 Å². The van der Waals surface area contributed by atoms with E-state index in [2.05, 4.69) is 0 Å². The van der Waals surface area contributed by atoms with Crippen LogP contribution in [0.2, 0.25) is 0 Å². The smallest absolute Gasteiger partial charge is 0.332 e. The van der Waals surface area contributed by atoms with E-state index in [1.807, 2.05) is 0 Å². The molecule has 1 aliphatic rings. The molecule has 0 aromatic rings. The molecule has 1 rings (SSSR count). The van der Waals surface area contributed by atoms with Gasteiger partial charge in [0, 0.05) is 11.1 Å². The predicted octanol–water partition coefficient (Wildman–Crippen LogP) is 2.20. The number of rotatable bonds is 2. The maximum Gasteiger partial charge on any atom is 0.332 e. The molecule has 0 fully saturated rings. The monoisotopic (exact) mass is 212 g/mol. The molecule has 0 saturated heterocycles. The third kappa shape index (κ3) is 3.38. The summed E-state index contributed by atoms with van der Waals surface area (Å²) < 4.78 is 0. The quantitative estimate of drug-likeness (QED) is 0.735. The molecule has 0 aliphatic heterocycles. The average molecular weight is 212 g/mol. The molecule has 1 aliphatic carbocycles. The normalized spacial score (nSPS) is 23.7. The van der Waals surface area contributed by atoms with Crippen molar-refractivity contribution in [3.05, 3.63) is 11.1 Å². The van der Waals surface area contributed by atoms with Gasteiger partial charge in [0.15, 0.2) is 0 Å². The third-order valence-corrected chi connectivity index (χ3v) is 2.73. The number of carboxylic acids is 2. The minimum absolute atomic E-state index is 0.101. The van der Waals surface area contributed by atoms with Crippen molar-refractivity contribution in [2.45, 2.75) is 44.9 Å². The zero-order valence-electron chi connectivity index (χ0n) is 8.66. The zero-order valence-corrected chi connectivity index (χ0v) is 8.66. The molecule has 2 N–H and O–H groups in total. The Morgan fingerprint density at radius 2 is 1.07 bits per heavy atom. The SMILES string of the molecule is O=C(O)/C1=C(\C(=O)O)CCCCCCC1. The minimum atomic E-state index is -1.07. The minimum Gasteiger partial charge on any atom is -0.478 e. The van der Waals surface area contributed by atoms with Crippen molar-refractivity contribution in [2.75, 3.05) is 0 Å². The topological polar surface area (TPSA) is 74.6 Å². The first-order chi connectivity index (χ1) is 7.13. The highest BCUT2D eigenvalue weighted by Gasteiger charge is 2.20. The molecular weight excluding hydrogens is 196 g/mol. The Hall–Kier alpha value is -1.32. The van der Waals surface area contributed by atoms with E-state index >= 15 is 0 Å². The van der Waals surface area contributed by atoms with E-state index in [4.69, 9.17) is 10.2 Å². The van der Waals surface area contributed by atoms with Crippen molar-refractivity contribution in [1.29, 1.82) is 0 Å². The van der Waals surface area contributed by atoms with Crippen LogP contribution in [0.3, 0.4) is 0 Å². The first-order valence-electron chi connectivity index (χ1n) is 5.31. The second kappa shape index (κ2) is 5.53. The molecule has 0 radical (unpaired) electrons. The van der Waals surface area contributed by atoms with Crippen LogP contribution in [0.4, 0.5) is 0 Å². The van der Waals surface area contributed by atoms with E-state index in [0.29, 0.717) is 12.8 Å². The Morgan fingerprint density at radius 1 is 0.733 bits per heavy atom. The molecular formula is C11H16O4. The largest absolute Gasteiger partial charge is 0.478 e. The summed E-state index contributed by atoms with van der Waals surface area (Å²) in [6.45, 7) is 0. The second-order valence-corrected chi connectivity index (χ2v) is 3.84. The van der Waals surface area contributed by atoms with Gasteiger partial charge in [-0.15, -0.1) is 0 Å². The van der Waals surface area contributed by atoms with E-state index in [9.17, 15) is 9.59 Å². The fourth-order valence-corrected chi connectivity index (χ4v) is 1.91. The number of carbonyl (C=O) groups is 2. The Labute approximate surface area is 88.6 Å². The highest BCUT2D eigenvalue weighted by Crippen LogP contribution is 2.22. The van der Waals surface area contributed by atoms with E-state index < -0.39 is 11.9 Å². The van der Waals surface area contributed by atoms with Gasteiger partial charge in [-0.05, 0) is 25.7 Å². The molecule has 0 unspecified atom stereocenters. The number of hydrogen-bond donors (Lipinski definition) is 2. The van der Waals surface area contributed by atoms with Crippen LogP contribution in [0.5, 0.6) is 0 Å². The molecule has 0 aromatic heterocycles.